The van der Waals surface area contributed by atoms with Gasteiger partial charge in [0, 0.05) is 36.9 Å². The van der Waals surface area contributed by atoms with Crippen LogP contribution in [0, 0.1) is 0 Å². The normalized spacial score (nSPS) is 22.2. The highest BCUT2D eigenvalue weighted by atomic mass is 16.5. The van der Waals surface area contributed by atoms with E-state index < -0.39 is 0 Å². The Bertz CT molecular complexity index is 646. The zero-order valence-electron chi connectivity index (χ0n) is 18.4. The van der Waals surface area contributed by atoms with Gasteiger partial charge in [0.25, 0.3) is 5.91 Å². The number of likely N-dealkylation sites (tertiary alicyclic amines) is 2. The third-order valence-corrected chi connectivity index (χ3v) is 6.91. The van der Waals surface area contributed by atoms with E-state index in [0.29, 0.717) is 0 Å². The zero-order valence-corrected chi connectivity index (χ0v) is 18.4. The van der Waals surface area contributed by atoms with Crippen molar-refractivity contribution in [2.24, 2.45) is 0 Å². The van der Waals surface area contributed by atoms with Gasteiger partial charge in [0.05, 0.1) is 13.2 Å². The molecule has 1 amide bonds. The van der Waals surface area contributed by atoms with E-state index in [1.165, 1.54) is 64.0 Å². The minimum atomic E-state index is 0.0346. The highest BCUT2D eigenvalue weighted by Gasteiger charge is 2.25. The molecule has 3 aliphatic heterocycles. The smallest absolute Gasteiger partial charge is 0.251 e. The molecule has 30 heavy (non-hydrogen) atoms. The number of piperidine rings is 2. The number of nitrogens with one attached hydrogen (secondary N) is 1. The van der Waals surface area contributed by atoms with Crippen LogP contribution in [0.2, 0.25) is 0 Å². The van der Waals surface area contributed by atoms with Crippen molar-refractivity contribution in [1.29, 1.82) is 0 Å². The lowest BCUT2D eigenvalue weighted by atomic mass is 10.00. The molecule has 0 aromatic heterocycles. The van der Waals surface area contributed by atoms with Crippen molar-refractivity contribution in [2.75, 3.05) is 70.5 Å². The molecule has 0 saturated carbocycles. The molecule has 0 aliphatic carbocycles. The number of hydrogen-bond donors (Lipinski definition) is 1. The summed E-state index contributed by atoms with van der Waals surface area (Å²) in [5.74, 6) is 0.0346. The highest BCUT2D eigenvalue weighted by molar-refractivity contribution is 5.94. The predicted octanol–water partition coefficient (Wildman–Crippen LogP) is 2.59. The summed E-state index contributed by atoms with van der Waals surface area (Å²) in [6.07, 6.45) is 7.82. The number of carbonyl (C=O) groups excluding carboxylic acids is 1. The van der Waals surface area contributed by atoms with E-state index in [2.05, 4.69) is 20.0 Å². The molecular formula is C24H38N4O2. The van der Waals surface area contributed by atoms with Crippen molar-refractivity contribution in [2.45, 2.75) is 44.6 Å². The predicted molar refractivity (Wildman–Crippen MR) is 121 cm³/mol. The van der Waals surface area contributed by atoms with Gasteiger partial charge in [-0.05, 0) is 89.1 Å². The molecule has 0 atom stereocenters. The van der Waals surface area contributed by atoms with Crippen molar-refractivity contribution in [3.8, 4) is 0 Å². The molecule has 0 spiro atoms. The second-order valence-corrected chi connectivity index (χ2v) is 8.93. The standard InChI is InChI=1S/C24H38N4O2/c29-24(21-5-7-22(8-6-21)28-17-19-30-20-18-28)25-11-4-12-26-15-9-23(10-16-26)27-13-2-1-3-14-27/h5-8,23H,1-4,9-20H2,(H,25,29). The van der Waals surface area contributed by atoms with E-state index in [0.717, 1.165) is 57.4 Å². The number of nitrogens with zero attached hydrogens (tertiary/aromatic N) is 3. The van der Waals surface area contributed by atoms with Gasteiger partial charge < -0.3 is 24.8 Å². The van der Waals surface area contributed by atoms with Crippen molar-refractivity contribution in [3.63, 3.8) is 0 Å². The molecule has 0 bridgehead atoms. The molecule has 4 rings (SSSR count). The summed E-state index contributed by atoms with van der Waals surface area (Å²) in [6, 6.07) is 8.78. The molecule has 6 heteroatoms. The molecule has 0 unspecified atom stereocenters. The Morgan fingerprint density at radius 1 is 0.933 bits per heavy atom. The van der Waals surface area contributed by atoms with Gasteiger partial charge >= 0.3 is 0 Å². The largest absolute Gasteiger partial charge is 0.378 e. The topological polar surface area (TPSA) is 48.1 Å². The lowest BCUT2D eigenvalue weighted by Crippen LogP contribution is -2.47. The number of hydrogen-bond acceptors (Lipinski definition) is 5. The van der Waals surface area contributed by atoms with Gasteiger partial charge in [-0.3, -0.25) is 4.79 Å². The fraction of sp³-hybridized carbons (Fsp3) is 0.708. The van der Waals surface area contributed by atoms with E-state index in [1.807, 2.05) is 24.3 Å². The molecule has 3 saturated heterocycles. The number of benzene rings is 1. The van der Waals surface area contributed by atoms with E-state index in [1.54, 1.807) is 0 Å². The number of rotatable bonds is 7. The summed E-state index contributed by atoms with van der Waals surface area (Å²) in [7, 11) is 0. The van der Waals surface area contributed by atoms with Gasteiger partial charge in [-0.2, -0.15) is 0 Å². The molecule has 3 aliphatic rings. The van der Waals surface area contributed by atoms with Crippen molar-refractivity contribution < 1.29 is 9.53 Å². The molecule has 1 N–H and O–H groups in total. The molecule has 1 aromatic rings. The van der Waals surface area contributed by atoms with Crippen LogP contribution < -0.4 is 10.2 Å². The maximum absolute atomic E-state index is 12.4. The van der Waals surface area contributed by atoms with Gasteiger partial charge in [0.1, 0.15) is 0 Å². The summed E-state index contributed by atoms with van der Waals surface area (Å²) < 4.78 is 5.40. The quantitative estimate of drug-likeness (QED) is 0.695. The number of morpholine rings is 1. The maximum Gasteiger partial charge on any atom is 0.251 e. The Hall–Kier alpha value is -1.63. The number of ether oxygens (including phenoxy) is 1. The summed E-state index contributed by atoms with van der Waals surface area (Å²) in [6.45, 7) is 10.3. The van der Waals surface area contributed by atoms with Crippen LogP contribution in [0.5, 0.6) is 0 Å². The van der Waals surface area contributed by atoms with Crippen LogP contribution >= 0.6 is 0 Å². The van der Waals surface area contributed by atoms with Gasteiger partial charge in [0.2, 0.25) is 0 Å². The first-order valence-electron chi connectivity index (χ1n) is 12.0. The van der Waals surface area contributed by atoms with E-state index >= 15 is 0 Å². The van der Waals surface area contributed by atoms with Crippen molar-refractivity contribution >= 4 is 11.6 Å². The summed E-state index contributed by atoms with van der Waals surface area (Å²) in [4.78, 5) is 20.0. The Morgan fingerprint density at radius 3 is 2.33 bits per heavy atom. The first-order valence-corrected chi connectivity index (χ1v) is 12.0. The Morgan fingerprint density at radius 2 is 1.63 bits per heavy atom. The van der Waals surface area contributed by atoms with Crippen LogP contribution in [0.1, 0.15) is 48.9 Å². The molecule has 1 aromatic carbocycles. The van der Waals surface area contributed by atoms with Crippen LogP contribution in [0.25, 0.3) is 0 Å². The number of anilines is 1. The van der Waals surface area contributed by atoms with Gasteiger partial charge in [-0.15, -0.1) is 0 Å². The fourth-order valence-corrected chi connectivity index (χ4v) is 5.04. The molecule has 0 radical (unpaired) electrons. The van der Waals surface area contributed by atoms with Crippen LogP contribution in [0.4, 0.5) is 5.69 Å². The lowest BCUT2D eigenvalue weighted by Gasteiger charge is -2.40. The minimum absolute atomic E-state index is 0.0346. The third-order valence-electron chi connectivity index (χ3n) is 6.91. The maximum atomic E-state index is 12.4. The first-order chi connectivity index (χ1) is 14.8. The van der Waals surface area contributed by atoms with Gasteiger partial charge in [-0.25, -0.2) is 0 Å². The average Bonchev–Trinajstić information content (AvgIpc) is 2.83. The summed E-state index contributed by atoms with van der Waals surface area (Å²) >= 11 is 0. The van der Waals surface area contributed by atoms with E-state index in [-0.39, 0.29) is 5.91 Å². The number of carbonyl (C=O) groups is 1. The second kappa shape index (κ2) is 11.1. The molecule has 6 nitrogen and oxygen atoms in total. The lowest BCUT2D eigenvalue weighted by molar-refractivity contribution is 0.0903. The second-order valence-electron chi connectivity index (χ2n) is 8.93. The van der Waals surface area contributed by atoms with Crippen molar-refractivity contribution in [1.82, 2.24) is 15.1 Å². The van der Waals surface area contributed by atoms with Crippen LogP contribution in [-0.4, -0.2) is 87.3 Å². The molecular weight excluding hydrogens is 376 g/mol. The molecule has 3 heterocycles. The Balaban J connectivity index is 1.11. The molecule has 3 fully saturated rings. The van der Waals surface area contributed by atoms with Gasteiger partial charge in [-0.1, -0.05) is 6.42 Å². The summed E-state index contributed by atoms with van der Waals surface area (Å²) in [5.41, 5.74) is 1.91. The average molecular weight is 415 g/mol. The third kappa shape index (κ3) is 5.96. The van der Waals surface area contributed by atoms with Crippen LogP contribution in [0.15, 0.2) is 24.3 Å². The zero-order chi connectivity index (χ0) is 20.6. The number of amides is 1. The Kier molecular flexibility index (Phi) is 8.01. The van der Waals surface area contributed by atoms with E-state index in [9.17, 15) is 4.79 Å². The summed E-state index contributed by atoms with van der Waals surface area (Å²) in [5, 5.41) is 3.09. The van der Waals surface area contributed by atoms with Gasteiger partial charge in [0.15, 0.2) is 0 Å². The minimum Gasteiger partial charge on any atom is -0.378 e. The van der Waals surface area contributed by atoms with Crippen molar-refractivity contribution in [3.05, 3.63) is 29.8 Å². The Labute approximate surface area is 181 Å². The monoisotopic (exact) mass is 414 g/mol. The highest BCUT2D eigenvalue weighted by Crippen LogP contribution is 2.21. The molecule has 166 valence electrons. The first kappa shape index (κ1) is 21.6. The SMILES string of the molecule is O=C(NCCCN1CCC(N2CCCCC2)CC1)c1ccc(N2CCOCC2)cc1. The van der Waals surface area contributed by atoms with Crippen LogP contribution in [-0.2, 0) is 4.74 Å². The van der Waals surface area contributed by atoms with E-state index in [4.69, 9.17) is 4.74 Å². The van der Waals surface area contributed by atoms with Crippen LogP contribution in [0.3, 0.4) is 0 Å². The fourth-order valence-electron chi connectivity index (χ4n) is 5.04.